The number of benzene rings is 2. The first-order valence-corrected chi connectivity index (χ1v) is 11.7. The Labute approximate surface area is 196 Å². The van der Waals surface area contributed by atoms with Gasteiger partial charge in [0.15, 0.2) is 18.1 Å². The Kier molecular flexibility index (Phi) is 5.33. The minimum atomic E-state index is -0.0494. The van der Waals surface area contributed by atoms with Gasteiger partial charge in [-0.25, -0.2) is 4.98 Å². The van der Waals surface area contributed by atoms with Gasteiger partial charge in [-0.1, -0.05) is 6.07 Å². The number of hydrogen-bond donors (Lipinski definition) is 0. The zero-order valence-electron chi connectivity index (χ0n) is 18.9. The van der Waals surface area contributed by atoms with Gasteiger partial charge in [0.1, 0.15) is 11.6 Å². The van der Waals surface area contributed by atoms with E-state index >= 15 is 0 Å². The van der Waals surface area contributed by atoms with Crippen LogP contribution < -0.4 is 19.8 Å². The Bertz CT molecular complexity index is 1310. The Balaban J connectivity index is 1.03. The number of aromatic nitrogens is 2. The van der Waals surface area contributed by atoms with Crippen molar-refractivity contribution < 1.29 is 19.0 Å². The molecule has 0 spiro atoms. The SMILES string of the molecule is O=C(COc1ccc2nc3n(c(=O)c2c1)CCC3)N1CCN(Cc2ccc3c(c2)OCO3)CC1. The molecule has 0 aliphatic carbocycles. The Hall–Kier alpha value is -3.59. The average molecular weight is 463 g/mol. The molecule has 34 heavy (non-hydrogen) atoms. The van der Waals surface area contributed by atoms with Crippen LogP contribution in [0.2, 0.25) is 0 Å². The number of nitrogens with zero attached hydrogens (tertiary/aromatic N) is 4. The third kappa shape index (κ3) is 3.96. The zero-order chi connectivity index (χ0) is 23.1. The van der Waals surface area contributed by atoms with Gasteiger partial charge in [0.05, 0.1) is 10.9 Å². The summed E-state index contributed by atoms with van der Waals surface area (Å²) in [5.41, 5.74) is 1.81. The molecule has 1 fully saturated rings. The van der Waals surface area contributed by atoms with Crippen molar-refractivity contribution in [3.63, 3.8) is 0 Å². The van der Waals surface area contributed by atoms with Crippen molar-refractivity contribution in [1.82, 2.24) is 19.4 Å². The number of carbonyl (C=O) groups excluding carboxylic acids is 1. The van der Waals surface area contributed by atoms with E-state index in [-0.39, 0.29) is 24.9 Å². The minimum absolute atomic E-state index is 0.0344. The number of amides is 1. The molecular formula is C25H26N4O5. The molecule has 3 aliphatic heterocycles. The smallest absolute Gasteiger partial charge is 0.261 e. The molecular weight excluding hydrogens is 436 g/mol. The lowest BCUT2D eigenvalue weighted by molar-refractivity contribution is -0.135. The van der Waals surface area contributed by atoms with Crippen LogP contribution in [-0.2, 0) is 24.3 Å². The average Bonchev–Trinajstić information content (AvgIpc) is 3.52. The Morgan fingerprint density at radius 1 is 1.00 bits per heavy atom. The quantitative estimate of drug-likeness (QED) is 0.572. The van der Waals surface area contributed by atoms with E-state index in [2.05, 4.69) is 16.0 Å². The van der Waals surface area contributed by atoms with Crippen molar-refractivity contribution in [3.05, 3.63) is 58.1 Å². The second kappa shape index (κ2) is 8.64. The zero-order valence-corrected chi connectivity index (χ0v) is 18.9. The molecule has 4 heterocycles. The Morgan fingerprint density at radius 3 is 2.74 bits per heavy atom. The number of fused-ring (bicyclic) bond motifs is 3. The van der Waals surface area contributed by atoms with Gasteiger partial charge in [-0.05, 0) is 42.3 Å². The van der Waals surface area contributed by atoms with Gasteiger partial charge in [-0.2, -0.15) is 0 Å². The standard InChI is InChI=1S/C25H26N4O5/c30-24(15-32-18-4-5-20-19(13-18)25(31)29-7-1-2-23(29)26-20)28-10-8-27(9-11-28)14-17-3-6-21-22(12-17)34-16-33-21/h3-6,12-13H,1-2,7-11,14-16H2. The lowest BCUT2D eigenvalue weighted by atomic mass is 10.1. The first-order chi connectivity index (χ1) is 16.6. The molecule has 9 heteroatoms. The molecule has 1 aromatic heterocycles. The van der Waals surface area contributed by atoms with E-state index in [0.717, 1.165) is 49.8 Å². The predicted octanol–water partition coefficient (Wildman–Crippen LogP) is 1.79. The van der Waals surface area contributed by atoms with Crippen LogP contribution in [0.3, 0.4) is 0 Å². The summed E-state index contributed by atoms with van der Waals surface area (Å²) in [4.78, 5) is 34.2. The van der Waals surface area contributed by atoms with Crippen LogP contribution in [0.25, 0.3) is 10.9 Å². The molecule has 176 valence electrons. The molecule has 3 aliphatic rings. The van der Waals surface area contributed by atoms with Crippen molar-refractivity contribution in [2.75, 3.05) is 39.6 Å². The summed E-state index contributed by atoms with van der Waals surface area (Å²) in [6.45, 7) is 4.64. The summed E-state index contributed by atoms with van der Waals surface area (Å²) < 4.78 is 18.3. The molecule has 0 N–H and O–H groups in total. The largest absolute Gasteiger partial charge is 0.484 e. The molecule has 0 bridgehead atoms. The maximum atomic E-state index is 12.7. The van der Waals surface area contributed by atoms with Crippen molar-refractivity contribution in [1.29, 1.82) is 0 Å². The molecule has 9 nitrogen and oxygen atoms in total. The lowest BCUT2D eigenvalue weighted by Gasteiger charge is -2.34. The summed E-state index contributed by atoms with van der Waals surface area (Å²) in [5.74, 6) is 2.89. The van der Waals surface area contributed by atoms with Crippen LogP contribution in [0, 0.1) is 0 Å². The van der Waals surface area contributed by atoms with Crippen LogP contribution in [0.1, 0.15) is 17.8 Å². The van der Waals surface area contributed by atoms with E-state index in [0.29, 0.717) is 36.3 Å². The molecule has 2 aromatic carbocycles. The molecule has 1 saturated heterocycles. The first-order valence-electron chi connectivity index (χ1n) is 11.7. The highest BCUT2D eigenvalue weighted by molar-refractivity contribution is 5.80. The van der Waals surface area contributed by atoms with Crippen LogP contribution >= 0.6 is 0 Å². The molecule has 0 saturated carbocycles. The molecule has 1 amide bonds. The van der Waals surface area contributed by atoms with Crippen LogP contribution in [0.15, 0.2) is 41.2 Å². The van der Waals surface area contributed by atoms with Crippen LogP contribution in [0.4, 0.5) is 0 Å². The summed E-state index contributed by atoms with van der Waals surface area (Å²) in [6, 6.07) is 11.3. The number of ether oxygens (including phenoxy) is 3. The van der Waals surface area contributed by atoms with Gasteiger partial charge in [-0.15, -0.1) is 0 Å². The van der Waals surface area contributed by atoms with Gasteiger partial charge >= 0.3 is 0 Å². The van der Waals surface area contributed by atoms with Crippen LogP contribution in [-0.4, -0.2) is 64.8 Å². The van der Waals surface area contributed by atoms with Gasteiger partial charge in [-0.3, -0.25) is 19.1 Å². The number of hydrogen-bond acceptors (Lipinski definition) is 7. The summed E-state index contributed by atoms with van der Waals surface area (Å²) in [6.07, 6.45) is 1.78. The highest BCUT2D eigenvalue weighted by Gasteiger charge is 2.23. The second-order valence-corrected chi connectivity index (χ2v) is 8.90. The fraction of sp³-hybridized carbons (Fsp3) is 0.400. The fourth-order valence-corrected chi connectivity index (χ4v) is 4.84. The monoisotopic (exact) mass is 462 g/mol. The summed E-state index contributed by atoms with van der Waals surface area (Å²) in [7, 11) is 0. The summed E-state index contributed by atoms with van der Waals surface area (Å²) in [5, 5.41) is 0.535. The van der Waals surface area contributed by atoms with Crippen molar-refractivity contribution in [2.45, 2.75) is 25.9 Å². The van der Waals surface area contributed by atoms with Crippen molar-refractivity contribution >= 4 is 16.8 Å². The third-order valence-corrected chi connectivity index (χ3v) is 6.72. The van der Waals surface area contributed by atoms with Gasteiger partial charge < -0.3 is 19.1 Å². The topological polar surface area (TPSA) is 86.1 Å². The fourth-order valence-electron chi connectivity index (χ4n) is 4.84. The third-order valence-electron chi connectivity index (χ3n) is 6.72. The molecule has 3 aromatic rings. The summed E-state index contributed by atoms with van der Waals surface area (Å²) >= 11 is 0. The predicted molar refractivity (Wildman–Crippen MR) is 124 cm³/mol. The first kappa shape index (κ1) is 21.0. The van der Waals surface area contributed by atoms with E-state index in [9.17, 15) is 9.59 Å². The Morgan fingerprint density at radius 2 is 1.85 bits per heavy atom. The van der Waals surface area contributed by atoms with Crippen molar-refractivity contribution in [3.8, 4) is 17.2 Å². The highest BCUT2D eigenvalue weighted by atomic mass is 16.7. The van der Waals surface area contributed by atoms with Crippen LogP contribution in [0.5, 0.6) is 17.2 Å². The van der Waals surface area contributed by atoms with Gasteiger partial charge in [0.25, 0.3) is 11.5 Å². The van der Waals surface area contributed by atoms with Gasteiger partial charge in [0.2, 0.25) is 6.79 Å². The van der Waals surface area contributed by atoms with E-state index < -0.39 is 0 Å². The van der Waals surface area contributed by atoms with E-state index in [1.807, 2.05) is 17.0 Å². The van der Waals surface area contributed by atoms with Gasteiger partial charge in [0, 0.05) is 45.7 Å². The number of aryl methyl sites for hydroxylation is 1. The number of rotatable bonds is 5. The number of carbonyl (C=O) groups is 1. The molecule has 6 rings (SSSR count). The normalized spacial score (nSPS) is 17.2. The maximum absolute atomic E-state index is 12.7. The second-order valence-electron chi connectivity index (χ2n) is 8.90. The van der Waals surface area contributed by atoms with Crippen molar-refractivity contribution in [2.24, 2.45) is 0 Å². The maximum Gasteiger partial charge on any atom is 0.261 e. The molecule has 0 radical (unpaired) electrons. The number of piperazine rings is 1. The van der Waals surface area contributed by atoms with E-state index in [4.69, 9.17) is 14.2 Å². The van der Waals surface area contributed by atoms with E-state index in [1.165, 1.54) is 5.56 Å². The highest BCUT2D eigenvalue weighted by Crippen LogP contribution is 2.32. The lowest BCUT2D eigenvalue weighted by Crippen LogP contribution is -2.49. The molecule has 0 unspecified atom stereocenters. The minimum Gasteiger partial charge on any atom is -0.484 e. The van der Waals surface area contributed by atoms with E-state index in [1.54, 1.807) is 22.8 Å². The molecule has 0 atom stereocenters.